The summed E-state index contributed by atoms with van der Waals surface area (Å²) in [5, 5.41) is 42.7. The van der Waals surface area contributed by atoms with E-state index in [9.17, 15) is 34.8 Å². The van der Waals surface area contributed by atoms with Gasteiger partial charge >= 0.3 is 11.9 Å². The largest absolute Gasteiger partial charge is 0.481 e. The molecule has 4 unspecified atom stereocenters. The zero-order valence-electron chi connectivity index (χ0n) is 30.1. The van der Waals surface area contributed by atoms with Crippen LogP contribution in [0.25, 0.3) is 33.2 Å². The minimum atomic E-state index is -1.19. The molecule has 0 aromatic carbocycles. The molecule has 0 saturated carbocycles. The first-order chi connectivity index (χ1) is 24.2. The van der Waals surface area contributed by atoms with E-state index >= 15 is 0 Å². The minimum absolute atomic E-state index is 0.160. The van der Waals surface area contributed by atoms with Gasteiger partial charge in [0.25, 0.3) is 5.91 Å². The summed E-state index contributed by atoms with van der Waals surface area (Å²) in [6.45, 7) is 10.6. The number of carbonyl (C=O) groups excluding carboxylic acids is 2. The number of aliphatic carboxylic acids is 1. The number of fused-ring (bicyclic) bond motifs is 8. The van der Waals surface area contributed by atoms with E-state index in [0.717, 1.165) is 44.3 Å². The fraction of sp³-hybridized carbons (Fsp3) is 0.447. The Morgan fingerprint density at radius 3 is 2.29 bits per heavy atom. The number of ether oxygens (including phenoxy) is 1. The normalized spacial score (nSPS) is 17.0. The van der Waals surface area contributed by atoms with Gasteiger partial charge in [0.05, 0.1) is 55.0 Å². The van der Waals surface area contributed by atoms with Gasteiger partial charge in [-0.2, -0.15) is 0 Å². The summed E-state index contributed by atoms with van der Waals surface area (Å²) < 4.78 is 5.11. The third-order valence-corrected chi connectivity index (χ3v) is 10.1. The lowest BCUT2D eigenvalue weighted by Gasteiger charge is -2.18. The first-order valence-corrected chi connectivity index (χ1v) is 17.2. The number of hydrogen-bond acceptors (Lipinski definition) is 9. The number of carbonyl (C=O) groups is 3. The fourth-order valence-corrected chi connectivity index (χ4v) is 7.25. The van der Waals surface area contributed by atoms with Gasteiger partial charge in [-0.25, -0.2) is 4.98 Å². The second kappa shape index (κ2) is 15.2. The number of nitrogens with one attached hydrogen (secondary N) is 3. The van der Waals surface area contributed by atoms with E-state index < -0.39 is 42.6 Å². The summed E-state index contributed by atoms with van der Waals surface area (Å²) >= 11 is 0. The molecule has 3 aromatic heterocycles. The summed E-state index contributed by atoms with van der Waals surface area (Å²) in [5.74, 6) is -2.91. The molecular weight excluding hydrogens is 654 g/mol. The van der Waals surface area contributed by atoms with Crippen molar-refractivity contribution in [2.75, 3.05) is 20.3 Å². The SMILES string of the molecule is CCc1c(C)c2cc3[nH]c(cc4nc(c(CC(=O)OC)c5nc(cc1[nH]2)C(C)=C5C(=O)NCC(O)CO)C(CCC(=O)O)C4C)c(C)c3C(C)O. The number of H-pyrrole nitrogens is 2. The number of aliphatic hydroxyl groups excluding tert-OH is 3. The Balaban J connectivity index is 2.00. The maximum Gasteiger partial charge on any atom is 0.310 e. The maximum atomic E-state index is 14.0. The van der Waals surface area contributed by atoms with Crippen molar-refractivity contribution in [3.05, 3.63) is 68.8 Å². The summed E-state index contributed by atoms with van der Waals surface area (Å²) in [7, 11) is 1.26. The number of methoxy groups -OCH3 is 1. The molecule has 5 heterocycles. The molecular formula is C38H47N5O8. The number of carboxylic acid groups (broad SMARTS) is 1. The molecule has 2 aliphatic rings. The zero-order valence-corrected chi connectivity index (χ0v) is 30.1. The van der Waals surface area contributed by atoms with Crippen LogP contribution in [-0.2, 0) is 32.0 Å². The molecule has 2 aliphatic heterocycles. The molecule has 13 nitrogen and oxygen atoms in total. The van der Waals surface area contributed by atoms with Crippen LogP contribution in [0.1, 0.15) is 109 Å². The zero-order chi connectivity index (χ0) is 37.3. The number of aromatic amines is 2. The minimum Gasteiger partial charge on any atom is -0.481 e. The predicted molar refractivity (Wildman–Crippen MR) is 193 cm³/mol. The Bertz CT molecular complexity index is 2080. The van der Waals surface area contributed by atoms with Gasteiger partial charge in [-0.05, 0) is 81.0 Å². The number of allylic oxidation sites excluding steroid dienone is 1. The number of aromatic nitrogens is 4. The van der Waals surface area contributed by atoms with Gasteiger partial charge in [0.1, 0.15) is 0 Å². The van der Waals surface area contributed by atoms with Gasteiger partial charge in [-0.1, -0.05) is 13.8 Å². The first kappa shape index (κ1) is 37.4. The Kier molecular flexibility index (Phi) is 11.1. The Morgan fingerprint density at radius 2 is 1.67 bits per heavy atom. The summed E-state index contributed by atoms with van der Waals surface area (Å²) in [6.07, 6.45) is -1.55. The van der Waals surface area contributed by atoms with E-state index in [1.54, 1.807) is 13.8 Å². The van der Waals surface area contributed by atoms with E-state index in [2.05, 4.69) is 15.3 Å². The second-order valence-electron chi connectivity index (χ2n) is 13.4. The van der Waals surface area contributed by atoms with Crippen LogP contribution in [0.2, 0.25) is 0 Å². The highest BCUT2D eigenvalue weighted by Gasteiger charge is 2.36. The molecule has 1 amide bonds. The number of aliphatic hydroxyl groups is 3. The summed E-state index contributed by atoms with van der Waals surface area (Å²) in [6, 6.07) is 5.72. The highest BCUT2D eigenvalue weighted by Crippen LogP contribution is 2.44. The van der Waals surface area contributed by atoms with Crippen LogP contribution in [0.5, 0.6) is 0 Å². The average molecular weight is 702 g/mol. The topological polar surface area (TPSA) is 211 Å². The maximum absolute atomic E-state index is 14.0. The van der Waals surface area contributed by atoms with Crippen LogP contribution in [0, 0.1) is 13.8 Å². The van der Waals surface area contributed by atoms with Crippen LogP contribution in [0.4, 0.5) is 0 Å². The van der Waals surface area contributed by atoms with Crippen molar-refractivity contribution < 1.29 is 39.5 Å². The molecule has 0 fully saturated rings. The van der Waals surface area contributed by atoms with Gasteiger partial charge in [0.15, 0.2) is 0 Å². The molecule has 3 aromatic rings. The van der Waals surface area contributed by atoms with E-state index in [1.807, 2.05) is 45.9 Å². The number of aryl methyl sites for hydroxylation is 3. The molecule has 13 heteroatoms. The molecule has 0 radical (unpaired) electrons. The smallest absolute Gasteiger partial charge is 0.310 e. The van der Waals surface area contributed by atoms with Crippen molar-refractivity contribution in [3.63, 3.8) is 0 Å². The van der Waals surface area contributed by atoms with Crippen molar-refractivity contribution in [2.24, 2.45) is 0 Å². The van der Waals surface area contributed by atoms with Crippen LogP contribution in [-0.4, -0.2) is 84.6 Å². The van der Waals surface area contributed by atoms with Crippen molar-refractivity contribution >= 4 is 51.1 Å². The number of carboxylic acids is 1. The molecule has 272 valence electrons. The van der Waals surface area contributed by atoms with Crippen molar-refractivity contribution in [3.8, 4) is 0 Å². The van der Waals surface area contributed by atoms with Crippen LogP contribution in [0.3, 0.4) is 0 Å². The average Bonchev–Trinajstić information content (AvgIpc) is 3.77. The molecule has 51 heavy (non-hydrogen) atoms. The summed E-state index contributed by atoms with van der Waals surface area (Å²) in [5.41, 5.74) is 9.37. The third-order valence-electron chi connectivity index (χ3n) is 10.1. The number of amides is 1. The van der Waals surface area contributed by atoms with Gasteiger partial charge < -0.3 is 40.4 Å². The van der Waals surface area contributed by atoms with Gasteiger partial charge in [0, 0.05) is 63.7 Å². The van der Waals surface area contributed by atoms with Gasteiger partial charge in [-0.3, -0.25) is 19.4 Å². The van der Waals surface area contributed by atoms with Crippen molar-refractivity contribution in [2.45, 2.75) is 91.3 Å². The second-order valence-corrected chi connectivity index (χ2v) is 13.4. The molecule has 5 rings (SSSR count). The number of hydrogen-bond donors (Lipinski definition) is 7. The lowest BCUT2D eigenvalue weighted by atomic mass is 9.84. The van der Waals surface area contributed by atoms with E-state index in [0.29, 0.717) is 34.6 Å². The fourth-order valence-electron chi connectivity index (χ4n) is 7.25. The highest BCUT2D eigenvalue weighted by molar-refractivity contribution is 6.27. The third kappa shape index (κ3) is 7.32. The molecule has 0 spiro atoms. The Hall–Kier alpha value is -4.85. The van der Waals surface area contributed by atoms with Crippen LogP contribution in [0.15, 0.2) is 18.2 Å². The molecule has 8 bridgehead atoms. The molecule has 0 aliphatic carbocycles. The first-order valence-electron chi connectivity index (χ1n) is 17.2. The van der Waals surface area contributed by atoms with Crippen molar-refractivity contribution in [1.82, 2.24) is 25.3 Å². The number of rotatable bonds is 11. The lowest BCUT2D eigenvalue weighted by molar-refractivity contribution is -0.140. The quantitative estimate of drug-likeness (QED) is 0.140. The van der Waals surface area contributed by atoms with Gasteiger partial charge in [-0.15, -0.1) is 0 Å². The molecule has 4 atom stereocenters. The lowest BCUT2D eigenvalue weighted by Crippen LogP contribution is -2.34. The van der Waals surface area contributed by atoms with E-state index in [4.69, 9.17) is 14.7 Å². The number of esters is 1. The molecule has 0 saturated heterocycles. The van der Waals surface area contributed by atoms with E-state index in [-0.39, 0.29) is 43.0 Å². The standard InChI is InChI=1S/C38H47N5O8/c1-8-23-17(2)26-14-31-34(21(6)45)19(4)28(41-31)12-27-18(3)24(9-10-32(47)48)36(42-27)25(11-33(49)51-7)37-35(38(50)39-15-22(46)16-44)20(5)29(43-37)13-30(23)40-26/h12-14,18,21-22,24,40-41,44-46H,8-11,15-16H2,1-7H3,(H,39,50)(H,47,48). The van der Waals surface area contributed by atoms with Crippen LogP contribution < -0.4 is 5.32 Å². The number of nitrogens with zero attached hydrogens (tertiary/aromatic N) is 2. The van der Waals surface area contributed by atoms with Gasteiger partial charge in [0.2, 0.25) is 0 Å². The Morgan fingerprint density at radius 1 is 0.980 bits per heavy atom. The van der Waals surface area contributed by atoms with Crippen LogP contribution >= 0.6 is 0 Å². The Labute approximate surface area is 295 Å². The van der Waals surface area contributed by atoms with E-state index in [1.165, 1.54) is 7.11 Å². The monoisotopic (exact) mass is 701 g/mol. The highest BCUT2D eigenvalue weighted by atomic mass is 16.5. The summed E-state index contributed by atoms with van der Waals surface area (Å²) in [4.78, 5) is 56.0. The predicted octanol–water partition coefficient (Wildman–Crippen LogP) is 4.42. The molecule has 7 N–H and O–H groups in total. The van der Waals surface area contributed by atoms with Crippen molar-refractivity contribution in [1.29, 1.82) is 0 Å².